The molecule has 8 nitrogen and oxygen atoms in total. The van der Waals surface area contributed by atoms with E-state index in [9.17, 15) is 14.4 Å². The van der Waals surface area contributed by atoms with Crippen LogP contribution in [0.3, 0.4) is 0 Å². The van der Waals surface area contributed by atoms with E-state index in [2.05, 4.69) is 5.32 Å². The molecule has 2 aromatic carbocycles. The summed E-state index contributed by atoms with van der Waals surface area (Å²) in [4.78, 5) is 37.8. The molecule has 0 atom stereocenters. The molecule has 8 heteroatoms. The van der Waals surface area contributed by atoms with E-state index in [1.165, 1.54) is 0 Å². The van der Waals surface area contributed by atoms with Crippen LogP contribution in [0.5, 0.6) is 5.75 Å². The zero-order valence-corrected chi connectivity index (χ0v) is 17.4. The predicted molar refractivity (Wildman–Crippen MR) is 113 cm³/mol. The van der Waals surface area contributed by atoms with Crippen LogP contribution in [-0.4, -0.2) is 48.8 Å². The second-order valence-corrected chi connectivity index (χ2v) is 7.08. The van der Waals surface area contributed by atoms with Gasteiger partial charge in [0.2, 0.25) is 0 Å². The smallest absolute Gasteiger partial charge is 0.445 e. The maximum Gasteiger partial charge on any atom is 0.513 e. The number of carbonyl (C=O) groups is 3. The number of carbonyl (C=O) groups excluding carboxylic acids is 3. The number of alkyl carbamates (subject to hydrolysis) is 1. The summed E-state index contributed by atoms with van der Waals surface area (Å²) in [6.07, 6.45) is 0.0659. The first-order chi connectivity index (χ1) is 15.0. The summed E-state index contributed by atoms with van der Waals surface area (Å²) in [5, 5.41) is 2.86. The number of hydrogen-bond donors (Lipinski definition) is 1. The van der Waals surface area contributed by atoms with E-state index >= 15 is 0 Å². The molecule has 1 aliphatic rings. The highest BCUT2D eigenvalue weighted by atomic mass is 16.7. The second-order valence-electron chi connectivity index (χ2n) is 7.08. The van der Waals surface area contributed by atoms with Gasteiger partial charge in [-0.3, -0.25) is 4.79 Å². The lowest BCUT2D eigenvalue weighted by molar-refractivity contribution is 0.0700. The van der Waals surface area contributed by atoms with Gasteiger partial charge in [0, 0.05) is 24.7 Å². The van der Waals surface area contributed by atoms with Crippen molar-refractivity contribution in [2.45, 2.75) is 32.4 Å². The quantitative estimate of drug-likeness (QED) is 0.558. The number of benzene rings is 2. The Kier molecular flexibility index (Phi) is 7.86. The first-order valence-corrected chi connectivity index (χ1v) is 10.3. The Labute approximate surface area is 181 Å². The minimum absolute atomic E-state index is 0.0346. The summed E-state index contributed by atoms with van der Waals surface area (Å²) >= 11 is 0. The largest absolute Gasteiger partial charge is 0.513 e. The van der Waals surface area contributed by atoms with Gasteiger partial charge < -0.3 is 24.4 Å². The molecular weight excluding hydrogens is 400 g/mol. The minimum atomic E-state index is -0.779. The number of ether oxygens (including phenoxy) is 3. The third-order valence-corrected chi connectivity index (χ3v) is 4.88. The van der Waals surface area contributed by atoms with E-state index in [0.717, 1.165) is 5.56 Å². The predicted octanol–water partition coefficient (Wildman–Crippen LogP) is 3.75. The van der Waals surface area contributed by atoms with Crippen molar-refractivity contribution in [2.24, 2.45) is 0 Å². The van der Waals surface area contributed by atoms with Crippen molar-refractivity contribution in [3.63, 3.8) is 0 Å². The highest BCUT2D eigenvalue weighted by Crippen LogP contribution is 2.18. The van der Waals surface area contributed by atoms with Gasteiger partial charge in [0.1, 0.15) is 12.4 Å². The van der Waals surface area contributed by atoms with Gasteiger partial charge in [0.05, 0.1) is 6.61 Å². The first-order valence-electron chi connectivity index (χ1n) is 10.3. The maximum absolute atomic E-state index is 12.7. The van der Waals surface area contributed by atoms with E-state index < -0.39 is 12.2 Å². The van der Waals surface area contributed by atoms with E-state index in [-0.39, 0.29) is 25.2 Å². The number of hydrogen-bond acceptors (Lipinski definition) is 6. The van der Waals surface area contributed by atoms with Crippen LogP contribution in [-0.2, 0) is 16.1 Å². The molecule has 0 bridgehead atoms. The molecule has 3 rings (SSSR count). The van der Waals surface area contributed by atoms with Gasteiger partial charge in [-0.1, -0.05) is 30.3 Å². The lowest BCUT2D eigenvalue weighted by Gasteiger charge is -2.32. The van der Waals surface area contributed by atoms with Crippen LogP contribution < -0.4 is 10.1 Å². The zero-order valence-electron chi connectivity index (χ0n) is 17.4. The molecule has 0 radical (unpaired) electrons. The molecule has 1 N–H and O–H groups in total. The van der Waals surface area contributed by atoms with Crippen molar-refractivity contribution >= 4 is 18.2 Å². The molecule has 0 spiro atoms. The van der Waals surface area contributed by atoms with Gasteiger partial charge in [0.25, 0.3) is 5.91 Å². The van der Waals surface area contributed by atoms with E-state index in [1.54, 1.807) is 36.1 Å². The Balaban J connectivity index is 1.42. The third-order valence-electron chi connectivity index (χ3n) is 4.88. The highest BCUT2D eigenvalue weighted by molar-refractivity contribution is 5.94. The minimum Gasteiger partial charge on any atom is -0.445 e. The van der Waals surface area contributed by atoms with Crippen molar-refractivity contribution in [3.05, 3.63) is 65.7 Å². The Morgan fingerprint density at radius 3 is 2.29 bits per heavy atom. The van der Waals surface area contributed by atoms with Crippen molar-refractivity contribution in [2.75, 3.05) is 19.7 Å². The van der Waals surface area contributed by atoms with Crippen LogP contribution in [0.4, 0.5) is 9.59 Å². The van der Waals surface area contributed by atoms with Crippen molar-refractivity contribution < 1.29 is 28.6 Å². The van der Waals surface area contributed by atoms with Crippen LogP contribution in [0.25, 0.3) is 0 Å². The summed E-state index contributed by atoms with van der Waals surface area (Å²) in [7, 11) is 0. The Bertz CT molecular complexity index is 877. The molecule has 164 valence electrons. The summed E-state index contributed by atoms with van der Waals surface area (Å²) < 4.78 is 15.0. The van der Waals surface area contributed by atoms with Crippen molar-refractivity contribution in [3.8, 4) is 5.75 Å². The van der Waals surface area contributed by atoms with Crippen LogP contribution in [0.15, 0.2) is 54.6 Å². The van der Waals surface area contributed by atoms with Crippen molar-refractivity contribution in [1.82, 2.24) is 10.2 Å². The van der Waals surface area contributed by atoms with Crippen LogP contribution in [0.2, 0.25) is 0 Å². The lowest BCUT2D eigenvalue weighted by atomic mass is 10.0. The van der Waals surface area contributed by atoms with Crippen molar-refractivity contribution in [1.29, 1.82) is 0 Å². The summed E-state index contributed by atoms with van der Waals surface area (Å²) in [6, 6.07) is 15.8. The van der Waals surface area contributed by atoms with Gasteiger partial charge in [-0.05, 0) is 49.6 Å². The molecule has 1 fully saturated rings. The number of amides is 2. The van der Waals surface area contributed by atoms with Crippen LogP contribution in [0, 0.1) is 0 Å². The SMILES string of the molecule is CCOC(=O)Oc1ccc(C(=O)N2CCC(NC(=O)OCc3ccccc3)CC2)cc1. The Hall–Kier alpha value is -3.55. The standard InChI is InChI=1S/C23H26N2O6/c1-2-29-23(28)31-20-10-8-18(9-11-20)21(26)25-14-12-19(13-15-25)24-22(27)30-16-17-6-4-3-5-7-17/h3-11,19H,2,12-16H2,1H3,(H,24,27). The number of rotatable bonds is 6. The maximum atomic E-state index is 12.7. The van der Waals surface area contributed by atoms with E-state index in [0.29, 0.717) is 37.2 Å². The molecule has 2 aromatic rings. The normalized spacial score (nSPS) is 13.9. The van der Waals surface area contributed by atoms with E-state index in [4.69, 9.17) is 14.2 Å². The highest BCUT2D eigenvalue weighted by Gasteiger charge is 2.25. The molecule has 0 aliphatic carbocycles. The second kappa shape index (κ2) is 11.0. The number of nitrogens with one attached hydrogen (secondary N) is 1. The number of nitrogens with zero attached hydrogens (tertiary/aromatic N) is 1. The molecular formula is C23H26N2O6. The Morgan fingerprint density at radius 1 is 0.968 bits per heavy atom. The number of piperidine rings is 1. The molecule has 0 aromatic heterocycles. The fraction of sp³-hybridized carbons (Fsp3) is 0.348. The summed E-state index contributed by atoms with van der Waals surface area (Å²) in [5.41, 5.74) is 1.43. The lowest BCUT2D eigenvalue weighted by Crippen LogP contribution is -2.46. The van der Waals surface area contributed by atoms with Crippen LogP contribution >= 0.6 is 0 Å². The average molecular weight is 426 g/mol. The van der Waals surface area contributed by atoms with Gasteiger partial charge in [-0.15, -0.1) is 0 Å². The molecule has 1 heterocycles. The van der Waals surface area contributed by atoms with Gasteiger partial charge in [-0.25, -0.2) is 9.59 Å². The Morgan fingerprint density at radius 2 is 1.65 bits per heavy atom. The fourth-order valence-corrected chi connectivity index (χ4v) is 3.25. The fourth-order valence-electron chi connectivity index (χ4n) is 3.25. The average Bonchev–Trinajstić information content (AvgIpc) is 2.79. The zero-order chi connectivity index (χ0) is 22.1. The molecule has 0 unspecified atom stereocenters. The van der Waals surface area contributed by atoms with Gasteiger partial charge in [-0.2, -0.15) is 0 Å². The monoisotopic (exact) mass is 426 g/mol. The topological polar surface area (TPSA) is 94.2 Å². The van der Waals surface area contributed by atoms with Crippen LogP contribution in [0.1, 0.15) is 35.7 Å². The molecule has 1 aliphatic heterocycles. The number of likely N-dealkylation sites (tertiary alicyclic amines) is 1. The van der Waals surface area contributed by atoms with E-state index in [1.807, 2.05) is 30.3 Å². The molecule has 2 amide bonds. The molecule has 0 saturated carbocycles. The van der Waals surface area contributed by atoms with Gasteiger partial charge in [0.15, 0.2) is 0 Å². The molecule has 1 saturated heterocycles. The molecule has 31 heavy (non-hydrogen) atoms. The third kappa shape index (κ3) is 6.74. The summed E-state index contributed by atoms with van der Waals surface area (Å²) in [5.74, 6) is 0.208. The van der Waals surface area contributed by atoms with Gasteiger partial charge >= 0.3 is 12.2 Å². The summed E-state index contributed by atoms with van der Waals surface area (Å²) in [6.45, 7) is 3.20. The first kappa shape index (κ1) is 22.1.